The highest BCUT2D eigenvalue weighted by Crippen LogP contribution is 2.38. The topological polar surface area (TPSA) is 26.0 Å². The zero-order valence-corrected chi connectivity index (χ0v) is 11.6. The highest BCUT2D eigenvalue weighted by Gasteiger charge is 2.36. The van der Waals surface area contributed by atoms with Crippen molar-refractivity contribution in [2.45, 2.75) is 45.1 Å². The van der Waals surface area contributed by atoms with E-state index >= 15 is 0 Å². The van der Waals surface area contributed by atoms with Gasteiger partial charge in [-0.3, -0.25) is 0 Å². The molecule has 3 unspecified atom stereocenters. The van der Waals surface area contributed by atoms with Crippen molar-refractivity contribution >= 4 is 22.9 Å². The maximum atomic E-state index is 6.57. The van der Waals surface area contributed by atoms with Crippen LogP contribution in [0.4, 0.5) is 0 Å². The Labute approximate surface area is 107 Å². The van der Waals surface area contributed by atoms with Crippen LogP contribution < -0.4 is 5.73 Å². The second kappa shape index (κ2) is 4.67. The highest BCUT2D eigenvalue weighted by molar-refractivity contribution is 7.16. The number of hydrogen-bond acceptors (Lipinski definition) is 2. The maximum Gasteiger partial charge on any atom is 0.0931 e. The fourth-order valence-corrected chi connectivity index (χ4v) is 3.98. The van der Waals surface area contributed by atoms with Crippen LogP contribution in [0.25, 0.3) is 0 Å². The number of hydrogen-bond donors (Lipinski definition) is 1. The molecule has 0 spiro atoms. The van der Waals surface area contributed by atoms with Gasteiger partial charge in [-0.1, -0.05) is 25.4 Å². The lowest BCUT2D eigenvalue weighted by molar-refractivity contribution is 0.164. The summed E-state index contributed by atoms with van der Waals surface area (Å²) in [6.45, 7) is 4.63. The molecular weight excluding hydrogens is 238 g/mol. The summed E-state index contributed by atoms with van der Waals surface area (Å²) in [6, 6.07) is 4.09. The van der Waals surface area contributed by atoms with Gasteiger partial charge in [0, 0.05) is 16.8 Å². The molecule has 0 bridgehead atoms. The number of rotatable bonds is 2. The fourth-order valence-electron chi connectivity index (χ4n) is 2.75. The van der Waals surface area contributed by atoms with E-state index in [2.05, 4.69) is 19.9 Å². The van der Waals surface area contributed by atoms with E-state index in [1.54, 1.807) is 11.3 Å². The van der Waals surface area contributed by atoms with Crippen LogP contribution in [0.2, 0.25) is 4.34 Å². The molecule has 1 nitrogen and oxygen atoms in total. The van der Waals surface area contributed by atoms with Crippen molar-refractivity contribution < 1.29 is 0 Å². The molecule has 2 N–H and O–H groups in total. The number of nitrogens with two attached hydrogens (primary N) is 1. The highest BCUT2D eigenvalue weighted by atomic mass is 35.5. The van der Waals surface area contributed by atoms with E-state index in [9.17, 15) is 0 Å². The zero-order chi connectivity index (χ0) is 11.8. The maximum absolute atomic E-state index is 6.57. The second-order valence-corrected chi connectivity index (χ2v) is 7.20. The molecule has 2 rings (SSSR count). The smallest absolute Gasteiger partial charge is 0.0931 e. The van der Waals surface area contributed by atoms with Gasteiger partial charge >= 0.3 is 0 Å². The Morgan fingerprint density at radius 1 is 1.50 bits per heavy atom. The molecule has 1 aliphatic rings. The van der Waals surface area contributed by atoms with Gasteiger partial charge in [-0.05, 0) is 43.2 Å². The van der Waals surface area contributed by atoms with Crippen LogP contribution >= 0.6 is 22.9 Å². The van der Waals surface area contributed by atoms with Crippen LogP contribution in [0.3, 0.4) is 0 Å². The van der Waals surface area contributed by atoms with Crippen LogP contribution in [0.5, 0.6) is 0 Å². The molecule has 0 aliphatic heterocycles. The first kappa shape index (κ1) is 12.4. The van der Waals surface area contributed by atoms with Gasteiger partial charge in [0.05, 0.1) is 4.34 Å². The molecular formula is C13H20ClNS. The number of thiophene rings is 1. The van der Waals surface area contributed by atoms with Gasteiger partial charge in [0.25, 0.3) is 0 Å². The average molecular weight is 258 g/mol. The van der Waals surface area contributed by atoms with E-state index in [1.165, 1.54) is 17.7 Å². The molecule has 1 aromatic rings. The summed E-state index contributed by atoms with van der Waals surface area (Å²) in [7, 11) is 0. The number of halogens is 1. The summed E-state index contributed by atoms with van der Waals surface area (Å²) in [6.07, 6.45) is 4.65. The standard InChI is InChI=1S/C13H20ClNS/c1-9-5-6-13(15,10(2)7-9)8-11-3-4-12(14)16-11/h3-4,9-10H,5-8,15H2,1-2H3. The Balaban J connectivity index is 2.07. The third-order valence-electron chi connectivity index (χ3n) is 3.97. The third kappa shape index (κ3) is 2.61. The minimum Gasteiger partial charge on any atom is -0.325 e. The predicted molar refractivity (Wildman–Crippen MR) is 72.1 cm³/mol. The average Bonchev–Trinajstić information content (AvgIpc) is 2.59. The largest absolute Gasteiger partial charge is 0.325 e. The van der Waals surface area contributed by atoms with Crippen molar-refractivity contribution in [3.63, 3.8) is 0 Å². The first-order chi connectivity index (χ1) is 7.49. The molecule has 0 aromatic carbocycles. The van der Waals surface area contributed by atoms with Crippen molar-refractivity contribution in [2.24, 2.45) is 17.6 Å². The van der Waals surface area contributed by atoms with Crippen LogP contribution in [0, 0.1) is 11.8 Å². The van der Waals surface area contributed by atoms with Crippen LogP contribution in [0.1, 0.15) is 38.0 Å². The Hall–Kier alpha value is -0.0500. The predicted octanol–water partition coefficient (Wildman–Crippen LogP) is 4.10. The molecule has 0 radical (unpaired) electrons. The molecule has 1 fully saturated rings. The van der Waals surface area contributed by atoms with Crippen LogP contribution in [-0.2, 0) is 6.42 Å². The van der Waals surface area contributed by atoms with Gasteiger partial charge in [-0.15, -0.1) is 11.3 Å². The van der Waals surface area contributed by atoms with E-state index in [-0.39, 0.29) is 5.54 Å². The minimum absolute atomic E-state index is 0.0132. The molecule has 0 amide bonds. The molecule has 90 valence electrons. The van der Waals surface area contributed by atoms with Crippen LogP contribution in [0.15, 0.2) is 12.1 Å². The van der Waals surface area contributed by atoms with Gasteiger partial charge in [0.15, 0.2) is 0 Å². The summed E-state index contributed by atoms with van der Waals surface area (Å²) in [5, 5.41) is 0. The first-order valence-corrected chi connectivity index (χ1v) is 7.22. The van der Waals surface area contributed by atoms with E-state index in [4.69, 9.17) is 17.3 Å². The van der Waals surface area contributed by atoms with Crippen molar-refractivity contribution in [1.82, 2.24) is 0 Å². The molecule has 1 saturated carbocycles. The van der Waals surface area contributed by atoms with E-state index in [0.717, 1.165) is 23.1 Å². The summed E-state index contributed by atoms with van der Waals surface area (Å²) in [5.41, 5.74) is 6.56. The summed E-state index contributed by atoms with van der Waals surface area (Å²) < 4.78 is 0.871. The van der Waals surface area contributed by atoms with E-state index in [0.29, 0.717) is 5.92 Å². The molecule has 16 heavy (non-hydrogen) atoms. The molecule has 1 aromatic heterocycles. The summed E-state index contributed by atoms with van der Waals surface area (Å²) in [5.74, 6) is 1.44. The Kier molecular flexibility index (Phi) is 3.62. The molecule has 1 heterocycles. The Morgan fingerprint density at radius 3 is 2.81 bits per heavy atom. The lowest BCUT2D eigenvalue weighted by atomic mass is 9.69. The van der Waals surface area contributed by atoms with Crippen molar-refractivity contribution in [1.29, 1.82) is 0 Å². The first-order valence-electron chi connectivity index (χ1n) is 6.03. The third-order valence-corrected chi connectivity index (χ3v) is 5.20. The molecule has 0 saturated heterocycles. The lowest BCUT2D eigenvalue weighted by Gasteiger charge is -2.42. The zero-order valence-electron chi connectivity index (χ0n) is 10.0. The Bertz CT molecular complexity index is 363. The quantitative estimate of drug-likeness (QED) is 0.848. The normalized spacial score (nSPS) is 35.2. The summed E-state index contributed by atoms with van der Waals surface area (Å²) in [4.78, 5) is 1.33. The fraction of sp³-hybridized carbons (Fsp3) is 0.692. The van der Waals surface area contributed by atoms with Gasteiger partial charge < -0.3 is 5.73 Å². The van der Waals surface area contributed by atoms with Crippen molar-refractivity contribution in [3.8, 4) is 0 Å². The van der Waals surface area contributed by atoms with Crippen molar-refractivity contribution in [3.05, 3.63) is 21.3 Å². The van der Waals surface area contributed by atoms with E-state index < -0.39 is 0 Å². The minimum atomic E-state index is -0.0132. The lowest BCUT2D eigenvalue weighted by Crippen LogP contribution is -2.51. The van der Waals surface area contributed by atoms with Crippen LogP contribution in [-0.4, -0.2) is 5.54 Å². The van der Waals surface area contributed by atoms with Gasteiger partial charge in [0.1, 0.15) is 0 Å². The Morgan fingerprint density at radius 2 is 2.25 bits per heavy atom. The SMILES string of the molecule is CC1CCC(N)(Cc2ccc(Cl)s2)C(C)C1. The van der Waals surface area contributed by atoms with Gasteiger partial charge in [-0.25, -0.2) is 0 Å². The second-order valence-electron chi connectivity index (χ2n) is 5.40. The monoisotopic (exact) mass is 257 g/mol. The van der Waals surface area contributed by atoms with Gasteiger partial charge in [-0.2, -0.15) is 0 Å². The summed E-state index contributed by atoms with van der Waals surface area (Å²) >= 11 is 7.63. The van der Waals surface area contributed by atoms with Crippen molar-refractivity contribution in [2.75, 3.05) is 0 Å². The van der Waals surface area contributed by atoms with Gasteiger partial charge in [0.2, 0.25) is 0 Å². The molecule has 3 atom stereocenters. The molecule has 3 heteroatoms. The molecule has 1 aliphatic carbocycles. The van der Waals surface area contributed by atoms with E-state index in [1.807, 2.05) is 6.07 Å².